The fourth-order valence-corrected chi connectivity index (χ4v) is 1.75. The Balaban J connectivity index is 2.82. The molecule has 0 aliphatic heterocycles. The lowest BCUT2D eigenvalue weighted by atomic mass is 10.1. The lowest BCUT2D eigenvalue weighted by molar-refractivity contribution is 0.101. The normalized spacial score (nSPS) is 10.4. The number of carbonyl (C=O) groups is 1. The number of halogens is 1. The summed E-state index contributed by atoms with van der Waals surface area (Å²) in [5.41, 5.74) is 0.916. The van der Waals surface area contributed by atoms with Crippen LogP contribution in [0.15, 0.2) is 18.2 Å². The number of benzene rings is 1. The number of hydrogen-bond acceptors (Lipinski definition) is 3. The molecule has 18 heavy (non-hydrogen) atoms. The van der Waals surface area contributed by atoms with Crippen molar-refractivity contribution >= 4 is 11.5 Å². The largest absolute Gasteiger partial charge is 0.380 e. The molecular formula is C14H20FNO2. The highest BCUT2D eigenvalue weighted by atomic mass is 19.1. The maximum atomic E-state index is 13.9. The van der Waals surface area contributed by atoms with Crippen LogP contribution in [0.1, 0.15) is 31.1 Å². The van der Waals surface area contributed by atoms with E-state index >= 15 is 0 Å². The Labute approximate surface area is 108 Å². The lowest BCUT2D eigenvalue weighted by Gasteiger charge is -2.23. The molecule has 1 aromatic rings. The predicted octanol–water partition coefficient (Wildman–Crippen LogP) is 2.89. The third-order valence-corrected chi connectivity index (χ3v) is 2.79. The van der Waals surface area contributed by atoms with Crippen molar-refractivity contribution in [1.82, 2.24) is 0 Å². The Morgan fingerprint density at radius 1 is 1.39 bits per heavy atom. The van der Waals surface area contributed by atoms with Crippen LogP contribution < -0.4 is 4.90 Å². The molecule has 1 rings (SSSR count). The Morgan fingerprint density at radius 3 is 2.61 bits per heavy atom. The van der Waals surface area contributed by atoms with E-state index in [-0.39, 0.29) is 11.6 Å². The van der Waals surface area contributed by atoms with Crippen LogP contribution in [0.25, 0.3) is 0 Å². The predicted molar refractivity (Wildman–Crippen MR) is 70.8 cm³/mol. The molecule has 0 heterocycles. The van der Waals surface area contributed by atoms with Crippen LogP contribution in [0.2, 0.25) is 0 Å². The molecule has 3 nitrogen and oxygen atoms in total. The third-order valence-electron chi connectivity index (χ3n) is 2.79. The first kappa shape index (κ1) is 14.6. The molecule has 4 heteroatoms. The van der Waals surface area contributed by atoms with Crippen molar-refractivity contribution in [1.29, 1.82) is 0 Å². The van der Waals surface area contributed by atoms with Gasteiger partial charge in [-0.05, 0) is 39.0 Å². The van der Waals surface area contributed by atoms with Crippen LogP contribution in [0.3, 0.4) is 0 Å². The first-order valence-corrected chi connectivity index (χ1v) is 6.23. The van der Waals surface area contributed by atoms with E-state index in [0.29, 0.717) is 37.6 Å². The Hall–Kier alpha value is -1.42. The van der Waals surface area contributed by atoms with E-state index in [4.69, 9.17) is 4.74 Å². The minimum Gasteiger partial charge on any atom is -0.380 e. The first-order valence-electron chi connectivity index (χ1n) is 6.23. The average molecular weight is 253 g/mol. The van der Waals surface area contributed by atoms with E-state index in [1.807, 2.05) is 18.7 Å². The molecule has 0 radical (unpaired) electrons. The van der Waals surface area contributed by atoms with Crippen molar-refractivity contribution in [3.63, 3.8) is 0 Å². The number of anilines is 1. The first-order chi connectivity index (χ1) is 8.60. The van der Waals surface area contributed by atoms with Crippen molar-refractivity contribution in [3.8, 4) is 0 Å². The third kappa shape index (κ3) is 3.81. The zero-order valence-corrected chi connectivity index (χ0v) is 11.2. The van der Waals surface area contributed by atoms with Crippen LogP contribution in [0.4, 0.5) is 10.1 Å². The number of Topliss-reactive ketones (excluding diaryl/α,β-unsaturated/α-hetero) is 1. The number of ether oxygens (including phenoxy) is 1. The molecule has 1 aromatic carbocycles. The molecule has 0 aliphatic rings. The van der Waals surface area contributed by atoms with Gasteiger partial charge in [0.15, 0.2) is 5.78 Å². The monoisotopic (exact) mass is 253 g/mol. The molecule has 0 aromatic heterocycles. The maximum Gasteiger partial charge on any atom is 0.159 e. The van der Waals surface area contributed by atoms with Crippen LogP contribution >= 0.6 is 0 Å². The summed E-state index contributed by atoms with van der Waals surface area (Å²) in [5.74, 6) is -0.487. The quantitative estimate of drug-likeness (QED) is 0.553. The highest BCUT2D eigenvalue weighted by Gasteiger charge is 2.11. The van der Waals surface area contributed by atoms with Gasteiger partial charge in [0.05, 0.1) is 12.3 Å². The molecule has 0 atom stereocenters. The second-order valence-corrected chi connectivity index (χ2v) is 4.00. The molecular weight excluding hydrogens is 233 g/mol. The van der Waals surface area contributed by atoms with Crippen LogP contribution in [-0.4, -0.2) is 32.1 Å². The number of rotatable bonds is 7. The average Bonchev–Trinajstić information content (AvgIpc) is 2.35. The fraction of sp³-hybridized carbons (Fsp3) is 0.500. The van der Waals surface area contributed by atoms with E-state index in [1.54, 1.807) is 12.1 Å². The van der Waals surface area contributed by atoms with Crippen LogP contribution in [0.5, 0.6) is 0 Å². The number of nitrogens with zero attached hydrogens (tertiary/aromatic N) is 1. The molecule has 0 N–H and O–H groups in total. The molecule has 0 aliphatic carbocycles. The standard InChI is InChI=1S/C14H20FNO2/c1-4-16(8-9-18-5-2)14-7-6-12(11(3)17)10-13(14)15/h6-7,10H,4-5,8-9H2,1-3H3. The van der Waals surface area contributed by atoms with Gasteiger partial charge in [-0.25, -0.2) is 4.39 Å². The van der Waals surface area contributed by atoms with Crippen LogP contribution in [0, 0.1) is 5.82 Å². The van der Waals surface area contributed by atoms with Gasteiger partial charge in [0.1, 0.15) is 5.82 Å². The maximum absolute atomic E-state index is 13.9. The Morgan fingerprint density at radius 2 is 2.11 bits per heavy atom. The summed E-state index contributed by atoms with van der Waals surface area (Å²) in [4.78, 5) is 13.1. The Kier molecular flexibility index (Phi) is 5.78. The van der Waals surface area contributed by atoms with E-state index in [1.165, 1.54) is 13.0 Å². The molecule has 0 fully saturated rings. The minimum atomic E-state index is -0.360. The van der Waals surface area contributed by atoms with Gasteiger partial charge in [0.25, 0.3) is 0 Å². The van der Waals surface area contributed by atoms with Gasteiger partial charge in [0.2, 0.25) is 0 Å². The minimum absolute atomic E-state index is 0.127. The van der Waals surface area contributed by atoms with E-state index in [2.05, 4.69) is 0 Å². The molecule has 0 saturated carbocycles. The molecule has 0 saturated heterocycles. The number of ketones is 1. The second-order valence-electron chi connectivity index (χ2n) is 4.00. The molecule has 0 spiro atoms. The number of carbonyl (C=O) groups excluding carboxylic acids is 1. The topological polar surface area (TPSA) is 29.5 Å². The molecule has 0 amide bonds. The second kappa shape index (κ2) is 7.11. The number of likely N-dealkylation sites (N-methyl/N-ethyl adjacent to an activating group) is 1. The van der Waals surface area contributed by atoms with Gasteiger partial charge in [0, 0.05) is 25.3 Å². The van der Waals surface area contributed by atoms with Crippen molar-refractivity contribution < 1.29 is 13.9 Å². The van der Waals surface area contributed by atoms with Crippen molar-refractivity contribution in [2.45, 2.75) is 20.8 Å². The van der Waals surface area contributed by atoms with E-state index in [0.717, 1.165) is 0 Å². The smallest absolute Gasteiger partial charge is 0.159 e. The van der Waals surface area contributed by atoms with Gasteiger partial charge in [-0.2, -0.15) is 0 Å². The SMILES string of the molecule is CCOCCN(CC)c1ccc(C(C)=O)cc1F. The fourth-order valence-electron chi connectivity index (χ4n) is 1.75. The van der Waals surface area contributed by atoms with E-state index in [9.17, 15) is 9.18 Å². The highest BCUT2D eigenvalue weighted by Crippen LogP contribution is 2.20. The van der Waals surface area contributed by atoms with Gasteiger partial charge >= 0.3 is 0 Å². The molecule has 0 bridgehead atoms. The molecule has 0 unspecified atom stereocenters. The zero-order valence-electron chi connectivity index (χ0n) is 11.2. The number of hydrogen-bond donors (Lipinski definition) is 0. The van der Waals surface area contributed by atoms with Crippen molar-refractivity contribution in [2.75, 3.05) is 31.2 Å². The summed E-state index contributed by atoms with van der Waals surface area (Å²) in [6, 6.07) is 4.60. The highest BCUT2D eigenvalue weighted by molar-refractivity contribution is 5.94. The lowest BCUT2D eigenvalue weighted by Crippen LogP contribution is -2.28. The summed E-state index contributed by atoms with van der Waals surface area (Å²) in [5, 5.41) is 0. The van der Waals surface area contributed by atoms with Crippen molar-refractivity contribution in [2.24, 2.45) is 0 Å². The Bertz CT molecular complexity index is 407. The van der Waals surface area contributed by atoms with Gasteiger partial charge in [-0.3, -0.25) is 4.79 Å². The van der Waals surface area contributed by atoms with Crippen molar-refractivity contribution in [3.05, 3.63) is 29.6 Å². The van der Waals surface area contributed by atoms with E-state index < -0.39 is 0 Å². The van der Waals surface area contributed by atoms with Gasteiger partial charge in [-0.1, -0.05) is 0 Å². The summed E-state index contributed by atoms with van der Waals surface area (Å²) >= 11 is 0. The summed E-state index contributed by atoms with van der Waals surface area (Å²) < 4.78 is 19.2. The summed E-state index contributed by atoms with van der Waals surface area (Å²) in [6.45, 7) is 7.88. The van der Waals surface area contributed by atoms with Crippen LogP contribution in [-0.2, 0) is 4.74 Å². The summed E-state index contributed by atoms with van der Waals surface area (Å²) in [7, 11) is 0. The van der Waals surface area contributed by atoms with Gasteiger partial charge in [-0.15, -0.1) is 0 Å². The molecule has 100 valence electrons. The summed E-state index contributed by atoms with van der Waals surface area (Å²) in [6.07, 6.45) is 0. The zero-order chi connectivity index (χ0) is 13.5. The van der Waals surface area contributed by atoms with Gasteiger partial charge < -0.3 is 9.64 Å².